The van der Waals surface area contributed by atoms with Crippen LogP contribution in [0.4, 0.5) is 5.69 Å². The molecule has 0 aliphatic carbocycles. The van der Waals surface area contributed by atoms with Gasteiger partial charge in [0.25, 0.3) is 0 Å². The molecule has 0 unspecified atom stereocenters. The molecule has 3 N–H and O–H groups in total. The fourth-order valence-electron chi connectivity index (χ4n) is 2.09. The Morgan fingerprint density at radius 1 is 1.15 bits per heavy atom. The minimum Gasteiger partial charge on any atom is -0.399 e. The third-order valence-electron chi connectivity index (χ3n) is 3.63. The molecule has 2 rings (SSSR count). The number of hydrogen-bond donors (Lipinski definition) is 2. The number of anilines is 1. The van der Waals surface area contributed by atoms with Crippen LogP contribution in [0.2, 0.25) is 0 Å². The Balaban J connectivity index is 2.07. The molecule has 0 bridgehead atoms. The number of thiazole rings is 1. The molecule has 4 heteroatoms. The fourth-order valence-corrected chi connectivity index (χ4v) is 2.83. The second-order valence-electron chi connectivity index (χ2n) is 6.32. The van der Waals surface area contributed by atoms with Gasteiger partial charge < -0.3 is 11.1 Å². The van der Waals surface area contributed by atoms with Crippen molar-refractivity contribution in [3.05, 3.63) is 46.4 Å². The summed E-state index contributed by atoms with van der Waals surface area (Å²) < 4.78 is 0. The number of benzene rings is 1. The zero-order valence-corrected chi connectivity index (χ0v) is 13.4. The van der Waals surface area contributed by atoms with E-state index in [0.29, 0.717) is 0 Å². The Labute approximate surface area is 125 Å². The van der Waals surface area contributed by atoms with Gasteiger partial charge in [-0.15, -0.1) is 11.3 Å². The molecular weight excluding hydrogens is 266 g/mol. The lowest BCUT2D eigenvalue weighted by molar-refractivity contribution is 0.346. The van der Waals surface area contributed by atoms with Crippen LogP contribution < -0.4 is 11.1 Å². The largest absolute Gasteiger partial charge is 0.399 e. The van der Waals surface area contributed by atoms with Crippen molar-refractivity contribution in [1.82, 2.24) is 10.3 Å². The van der Waals surface area contributed by atoms with E-state index in [1.807, 2.05) is 23.7 Å². The van der Waals surface area contributed by atoms with Crippen molar-refractivity contribution < 1.29 is 0 Å². The normalized spacial score (nSPS) is 12.6. The molecule has 3 nitrogen and oxygen atoms in total. The molecule has 0 fully saturated rings. The number of rotatable bonds is 5. The molecule has 2 aromatic rings. The Morgan fingerprint density at radius 3 is 2.35 bits per heavy atom. The van der Waals surface area contributed by atoms with Crippen LogP contribution in [0.15, 0.2) is 35.8 Å². The van der Waals surface area contributed by atoms with Crippen LogP contribution >= 0.6 is 11.3 Å². The van der Waals surface area contributed by atoms with Crippen molar-refractivity contribution in [2.45, 2.75) is 38.6 Å². The zero-order chi connectivity index (χ0) is 14.8. The lowest BCUT2D eigenvalue weighted by Crippen LogP contribution is -2.43. The molecule has 20 heavy (non-hydrogen) atoms. The number of hydrogen-bond acceptors (Lipinski definition) is 4. The van der Waals surface area contributed by atoms with Gasteiger partial charge in [-0.25, -0.2) is 4.98 Å². The first kappa shape index (κ1) is 15.0. The molecule has 0 saturated heterocycles. The molecule has 0 radical (unpaired) electrons. The van der Waals surface area contributed by atoms with E-state index in [0.717, 1.165) is 17.2 Å². The molecule has 0 spiro atoms. The first-order valence-corrected chi connectivity index (χ1v) is 7.70. The van der Waals surface area contributed by atoms with Gasteiger partial charge in [0.15, 0.2) is 0 Å². The highest BCUT2D eigenvalue weighted by molar-refractivity contribution is 7.09. The van der Waals surface area contributed by atoms with Gasteiger partial charge in [-0.1, -0.05) is 26.0 Å². The minimum absolute atomic E-state index is 0.0439. The van der Waals surface area contributed by atoms with Crippen molar-refractivity contribution in [3.63, 3.8) is 0 Å². The Bertz CT molecular complexity index is 542. The lowest BCUT2D eigenvalue weighted by atomic mass is 9.84. The second kappa shape index (κ2) is 5.54. The molecule has 1 heterocycles. The lowest BCUT2D eigenvalue weighted by Gasteiger charge is -2.32. The summed E-state index contributed by atoms with van der Waals surface area (Å²) in [5.41, 5.74) is 7.78. The second-order valence-corrected chi connectivity index (χ2v) is 7.22. The number of aromatic nitrogens is 1. The highest BCUT2D eigenvalue weighted by Crippen LogP contribution is 2.27. The molecule has 0 aliphatic heterocycles. The maximum atomic E-state index is 5.75. The topological polar surface area (TPSA) is 50.9 Å². The molecule has 0 atom stereocenters. The van der Waals surface area contributed by atoms with Gasteiger partial charge >= 0.3 is 0 Å². The Hall–Kier alpha value is -1.39. The van der Waals surface area contributed by atoms with Crippen molar-refractivity contribution in [2.75, 3.05) is 12.3 Å². The van der Waals surface area contributed by atoms with E-state index in [4.69, 9.17) is 5.73 Å². The third kappa shape index (κ3) is 3.38. The summed E-state index contributed by atoms with van der Waals surface area (Å²) in [6.07, 6.45) is 1.86. The molecule has 1 aromatic carbocycles. The van der Waals surface area contributed by atoms with Crippen LogP contribution in [0.5, 0.6) is 0 Å². The monoisotopic (exact) mass is 289 g/mol. The average Bonchev–Trinajstić information content (AvgIpc) is 2.92. The smallest absolute Gasteiger partial charge is 0.112 e. The molecule has 1 aromatic heterocycles. The highest BCUT2D eigenvalue weighted by atomic mass is 32.1. The number of nitrogens with zero attached hydrogens (tertiary/aromatic N) is 1. The molecular formula is C16H23N3S. The summed E-state index contributed by atoms with van der Waals surface area (Å²) in [5, 5.41) is 6.77. The summed E-state index contributed by atoms with van der Waals surface area (Å²) >= 11 is 1.69. The van der Waals surface area contributed by atoms with Crippen molar-refractivity contribution >= 4 is 17.0 Å². The van der Waals surface area contributed by atoms with Crippen LogP contribution in [0, 0.1) is 0 Å². The minimum atomic E-state index is -0.112. The molecule has 0 saturated carbocycles. The Kier molecular flexibility index (Phi) is 4.16. The number of nitrogens with one attached hydrogen (secondary N) is 1. The highest BCUT2D eigenvalue weighted by Gasteiger charge is 2.27. The van der Waals surface area contributed by atoms with E-state index in [1.54, 1.807) is 11.3 Å². The first-order chi connectivity index (χ1) is 9.31. The van der Waals surface area contributed by atoms with E-state index in [9.17, 15) is 0 Å². The van der Waals surface area contributed by atoms with Crippen LogP contribution in [0.3, 0.4) is 0 Å². The van der Waals surface area contributed by atoms with E-state index < -0.39 is 0 Å². The quantitative estimate of drug-likeness (QED) is 0.828. The van der Waals surface area contributed by atoms with E-state index in [2.05, 4.69) is 50.1 Å². The predicted molar refractivity (Wildman–Crippen MR) is 87.0 cm³/mol. The van der Waals surface area contributed by atoms with E-state index in [-0.39, 0.29) is 11.0 Å². The van der Waals surface area contributed by atoms with Crippen LogP contribution in [-0.4, -0.2) is 11.5 Å². The van der Waals surface area contributed by atoms with E-state index >= 15 is 0 Å². The van der Waals surface area contributed by atoms with Gasteiger partial charge in [-0.2, -0.15) is 0 Å². The summed E-state index contributed by atoms with van der Waals surface area (Å²) in [4.78, 5) is 4.41. The third-order valence-corrected chi connectivity index (χ3v) is 4.73. The van der Waals surface area contributed by atoms with Gasteiger partial charge in [0.2, 0.25) is 0 Å². The van der Waals surface area contributed by atoms with Crippen molar-refractivity contribution in [2.24, 2.45) is 0 Å². The maximum absolute atomic E-state index is 5.75. The molecule has 108 valence electrons. The van der Waals surface area contributed by atoms with Crippen LogP contribution in [0.25, 0.3) is 0 Å². The first-order valence-electron chi connectivity index (χ1n) is 6.82. The Morgan fingerprint density at radius 2 is 1.80 bits per heavy atom. The predicted octanol–water partition coefficient (Wildman–Crippen LogP) is 3.53. The SMILES string of the molecule is CC(C)(CNC(C)(C)c1nccs1)c1ccc(N)cc1. The van der Waals surface area contributed by atoms with Gasteiger partial charge in [-0.05, 0) is 31.5 Å². The number of nitrogens with two attached hydrogens (primary N) is 1. The van der Waals surface area contributed by atoms with Gasteiger partial charge in [0, 0.05) is 29.2 Å². The molecule has 0 amide bonds. The zero-order valence-electron chi connectivity index (χ0n) is 12.6. The van der Waals surface area contributed by atoms with Gasteiger partial charge in [0.05, 0.1) is 5.54 Å². The standard InChI is InChI=1S/C16H23N3S/c1-15(2,12-5-7-13(17)8-6-12)11-19-16(3,4)14-18-9-10-20-14/h5-10,19H,11,17H2,1-4H3. The maximum Gasteiger partial charge on any atom is 0.112 e. The average molecular weight is 289 g/mol. The summed E-state index contributed by atoms with van der Waals surface area (Å²) in [7, 11) is 0. The summed E-state index contributed by atoms with van der Waals surface area (Å²) in [6.45, 7) is 9.70. The van der Waals surface area contributed by atoms with Gasteiger partial charge in [0.1, 0.15) is 5.01 Å². The van der Waals surface area contributed by atoms with Crippen molar-refractivity contribution in [3.8, 4) is 0 Å². The van der Waals surface area contributed by atoms with Crippen LogP contribution in [0.1, 0.15) is 38.3 Å². The van der Waals surface area contributed by atoms with E-state index in [1.165, 1.54) is 5.56 Å². The molecule has 0 aliphatic rings. The summed E-state index contributed by atoms with van der Waals surface area (Å²) in [5.74, 6) is 0. The van der Waals surface area contributed by atoms with Crippen molar-refractivity contribution in [1.29, 1.82) is 0 Å². The van der Waals surface area contributed by atoms with Gasteiger partial charge in [-0.3, -0.25) is 0 Å². The number of nitrogen functional groups attached to an aromatic ring is 1. The summed E-state index contributed by atoms with van der Waals surface area (Å²) in [6, 6.07) is 8.13. The fraction of sp³-hybridized carbons (Fsp3) is 0.438. The van der Waals surface area contributed by atoms with Crippen LogP contribution in [-0.2, 0) is 11.0 Å².